The SMILES string of the molecule is CCN1CCN(C2CCN([C@H]3CCC[C@H](C)C3)CC2)CC1. The number of piperazine rings is 1. The summed E-state index contributed by atoms with van der Waals surface area (Å²) in [6.45, 7) is 13.9. The highest BCUT2D eigenvalue weighted by atomic mass is 15.3. The molecule has 0 N–H and O–H groups in total. The summed E-state index contributed by atoms with van der Waals surface area (Å²) in [5.41, 5.74) is 0. The summed E-state index contributed by atoms with van der Waals surface area (Å²) in [5, 5.41) is 0. The molecule has 2 atom stereocenters. The molecule has 2 aliphatic heterocycles. The number of hydrogen-bond donors (Lipinski definition) is 0. The number of nitrogens with zero attached hydrogens (tertiary/aromatic N) is 3. The van der Waals surface area contributed by atoms with Crippen molar-refractivity contribution in [1.29, 1.82) is 0 Å². The number of hydrogen-bond acceptors (Lipinski definition) is 3. The van der Waals surface area contributed by atoms with Crippen LogP contribution < -0.4 is 0 Å². The molecule has 0 bridgehead atoms. The van der Waals surface area contributed by atoms with Gasteiger partial charge in [0.25, 0.3) is 0 Å². The summed E-state index contributed by atoms with van der Waals surface area (Å²) < 4.78 is 0. The van der Waals surface area contributed by atoms with E-state index in [2.05, 4.69) is 28.5 Å². The third kappa shape index (κ3) is 4.00. The summed E-state index contributed by atoms with van der Waals surface area (Å²) in [7, 11) is 0. The Bertz CT molecular complexity index is 304. The zero-order chi connectivity index (χ0) is 14.7. The molecule has 0 aromatic heterocycles. The second-order valence-corrected chi connectivity index (χ2v) is 7.66. The van der Waals surface area contributed by atoms with Crippen LogP contribution in [0.3, 0.4) is 0 Å². The van der Waals surface area contributed by atoms with Gasteiger partial charge in [-0.2, -0.15) is 0 Å². The topological polar surface area (TPSA) is 9.72 Å². The summed E-state index contributed by atoms with van der Waals surface area (Å²) in [5.74, 6) is 0.962. The van der Waals surface area contributed by atoms with Crippen molar-refractivity contribution in [2.24, 2.45) is 5.92 Å². The van der Waals surface area contributed by atoms with Crippen LogP contribution in [0, 0.1) is 5.92 Å². The van der Waals surface area contributed by atoms with Gasteiger partial charge in [-0.3, -0.25) is 4.90 Å². The van der Waals surface area contributed by atoms with Crippen LogP contribution in [0.2, 0.25) is 0 Å². The van der Waals surface area contributed by atoms with Gasteiger partial charge in [0.05, 0.1) is 0 Å². The molecule has 21 heavy (non-hydrogen) atoms. The molecule has 0 aromatic carbocycles. The van der Waals surface area contributed by atoms with Crippen LogP contribution in [0.5, 0.6) is 0 Å². The Kier molecular flexibility index (Phi) is 5.58. The molecule has 3 fully saturated rings. The summed E-state index contributed by atoms with van der Waals surface area (Å²) in [4.78, 5) is 8.20. The second kappa shape index (κ2) is 7.43. The lowest BCUT2D eigenvalue weighted by atomic mass is 9.85. The van der Waals surface area contributed by atoms with Crippen molar-refractivity contribution < 1.29 is 0 Å². The van der Waals surface area contributed by atoms with E-state index >= 15 is 0 Å². The highest BCUT2D eigenvalue weighted by Gasteiger charge is 2.31. The van der Waals surface area contributed by atoms with E-state index in [1.165, 1.54) is 84.3 Å². The first kappa shape index (κ1) is 15.8. The van der Waals surface area contributed by atoms with Crippen LogP contribution in [0.25, 0.3) is 0 Å². The van der Waals surface area contributed by atoms with Crippen molar-refractivity contribution in [3.8, 4) is 0 Å². The molecule has 0 amide bonds. The highest BCUT2D eigenvalue weighted by Crippen LogP contribution is 2.30. The molecule has 3 rings (SSSR count). The molecular weight excluding hydrogens is 258 g/mol. The van der Waals surface area contributed by atoms with E-state index in [1.54, 1.807) is 0 Å². The lowest BCUT2D eigenvalue weighted by Gasteiger charge is -2.45. The van der Waals surface area contributed by atoms with Gasteiger partial charge in [-0.1, -0.05) is 26.7 Å². The van der Waals surface area contributed by atoms with Crippen molar-refractivity contribution in [2.75, 3.05) is 45.8 Å². The first-order chi connectivity index (χ1) is 10.3. The molecule has 3 nitrogen and oxygen atoms in total. The minimum atomic E-state index is 0.876. The van der Waals surface area contributed by atoms with Gasteiger partial charge in [-0.05, 0) is 51.2 Å². The van der Waals surface area contributed by atoms with E-state index in [4.69, 9.17) is 0 Å². The first-order valence-electron chi connectivity index (χ1n) is 9.46. The quantitative estimate of drug-likeness (QED) is 0.792. The van der Waals surface area contributed by atoms with Crippen LogP contribution >= 0.6 is 0 Å². The zero-order valence-corrected chi connectivity index (χ0v) is 14.3. The van der Waals surface area contributed by atoms with Crippen LogP contribution in [-0.4, -0.2) is 72.6 Å². The first-order valence-corrected chi connectivity index (χ1v) is 9.46. The largest absolute Gasteiger partial charge is 0.301 e. The predicted molar refractivity (Wildman–Crippen MR) is 89.7 cm³/mol. The van der Waals surface area contributed by atoms with Crippen LogP contribution in [0.15, 0.2) is 0 Å². The van der Waals surface area contributed by atoms with Gasteiger partial charge in [-0.15, -0.1) is 0 Å². The van der Waals surface area contributed by atoms with Gasteiger partial charge in [0.2, 0.25) is 0 Å². The summed E-state index contributed by atoms with van der Waals surface area (Å²) >= 11 is 0. The fraction of sp³-hybridized carbons (Fsp3) is 1.00. The van der Waals surface area contributed by atoms with E-state index in [1.807, 2.05) is 0 Å². The molecule has 122 valence electrons. The lowest BCUT2D eigenvalue weighted by Crippen LogP contribution is -2.54. The normalized spacial score (nSPS) is 35.1. The van der Waals surface area contributed by atoms with Crippen molar-refractivity contribution in [2.45, 2.75) is 64.5 Å². The number of likely N-dealkylation sites (tertiary alicyclic amines) is 1. The standard InChI is InChI=1S/C18H35N3/c1-3-19-11-13-21(14-12-19)17-7-9-20(10-8-17)18-6-4-5-16(2)15-18/h16-18H,3-15H2,1-2H3/t16-,18-/m0/s1. The van der Waals surface area contributed by atoms with Crippen LogP contribution in [-0.2, 0) is 0 Å². The molecule has 0 unspecified atom stereocenters. The smallest absolute Gasteiger partial charge is 0.0121 e. The van der Waals surface area contributed by atoms with Crippen molar-refractivity contribution in [3.63, 3.8) is 0 Å². The molecule has 3 aliphatic rings. The molecule has 3 heteroatoms. The summed E-state index contributed by atoms with van der Waals surface area (Å²) in [6.07, 6.45) is 8.68. The van der Waals surface area contributed by atoms with Crippen molar-refractivity contribution in [1.82, 2.24) is 14.7 Å². The average molecular weight is 293 g/mol. The number of rotatable bonds is 3. The van der Waals surface area contributed by atoms with Gasteiger partial charge >= 0.3 is 0 Å². The number of likely N-dealkylation sites (N-methyl/N-ethyl adjacent to an activating group) is 1. The Morgan fingerprint density at radius 2 is 1.43 bits per heavy atom. The van der Waals surface area contributed by atoms with Gasteiger partial charge in [0.15, 0.2) is 0 Å². The van der Waals surface area contributed by atoms with Crippen LogP contribution in [0.4, 0.5) is 0 Å². The Labute approximate surface area is 131 Å². The molecule has 0 radical (unpaired) electrons. The van der Waals surface area contributed by atoms with Gasteiger partial charge in [-0.25, -0.2) is 0 Å². The third-order valence-electron chi connectivity index (χ3n) is 6.29. The van der Waals surface area contributed by atoms with E-state index in [9.17, 15) is 0 Å². The fourth-order valence-electron chi connectivity index (χ4n) is 4.79. The maximum absolute atomic E-state index is 2.83. The molecular formula is C18H35N3. The summed E-state index contributed by atoms with van der Waals surface area (Å²) in [6, 6.07) is 1.79. The third-order valence-corrected chi connectivity index (χ3v) is 6.29. The maximum atomic E-state index is 2.83. The molecule has 2 saturated heterocycles. The van der Waals surface area contributed by atoms with Gasteiger partial charge in [0.1, 0.15) is 0 Å². The van der Waals surface area contributed by atoms with Crippen molar-refractivity contribution >= 4 is 0 Å². The van der Waals surface area contributed by atoms with E-state index in [0.29, 0.717) is 0 Å². The predicted octanol–water partition coefficient (Wildman–Crippen LogP) is 2.67. The van der Waals surface area contributed by atoms with E-state index in [-0.39, 0.29) is 0 Å². The van der Waals surface area contributed by atoms with E-state index in [0.717, 1.165) is 18.0 Å². The van der Waals surface area contributed by atoms with Crippen molar-refractivity contribution in [3.05, 3.63) is 0 Å². The Hall–Kier alpha value is -0.120. The van der Waals surface area contributed by atoms with Gasteiger partial charge in [0, 0.05) is 38.3 Å². The molecule has 0 aromatic rings. The van der Waals surface area contributed by atoms with Crippen LogP contribution in [0.1, 0.15) is 52.4 Å². The molecule has 1 saturated carbocycles. The number of piperidine rings is 1. The average Bonchev–Trinajstić information content (AvgIpc) is 2.55. The highest BCUT2D eigenvalue weighted by molar-refractivity contribution is 4.87. The Morgan fingerprint density at radius 3 is 2.05 bits per heavy atom. The molecule has 0 spiro atoms. The molecule has 1 aliphatic carbocycles. The van der Waals surface area contributed by atoms with E-state index < -0.39 is 0 Å². The fourth-order valence-corrected chi connectivity index (χ4v) is 4.79. The maximum Gasteiger partial charge on any atom is 0.0121 e. The minimum absolute atomic E-state index is 0.876. The second-order valence-electron chi connectivity index (χ2n) is 7.66. The monoisotopic (exact) mass is 293 g/mol. The minimum Gasteiger partial charge on any atom is -0.301 e. The Balaban J connectivity index is 1.43. The van der Waals surface area contributed by atoms with Gasteiger partial charge < -0.3 is 9.80 Å². The lowest BCUT2D eigenvalue weighted by molar-refractivity contribution is 0.0384. The molecule has 2 heterocycles. The Morgan fingerprint density at radius 1 is 0.762 bits per heavy atom. The zero-order valence-electron chi connectivity index (χ0n) is 14.3.